The summed E-state index contributed by atoms with van der Waals surface area (Å²) >= 11 is 0. The molecule has 7 nitrogen and oxygen atoms in total. The van der Waals surface area contributed by atoms with Crippen LogP contribution < -0.4 is 10.6 Å². The second-order valence-corrected chi connectivity index (χ2v) is 11.1. The van der Waals surface area contributed by atoms with Gasteiger partial charge in [-0.15, -0.1) is 0 Å². The normalized spacial score (nSPS) is 17.2. The maximum absolute atomic E-state index is 15.4. The molecule has 7 rings (SSSR count). The number of pyridine rings is 1. The fraction of sp³-hybridized carbons (Fsp3) is 0.242. The number of aromatic amines is 1. The zero-order chi connectivity index (χ0) is 27.9. The fourth-order valence-corrected chi connectivity index (χ4v) is 6.13. The Morgan fingerprint density at radius 3 is 2.83 bits per heavy atom. The van der Waals surface area contributed by atoms with Crippen molar-refractivity contribution in [3.8, 4) is 11.1 Å². The number of allylic oxidation sites excluding steroid dienone is 7. The monoisotopic (exact) mass is 545 g/mol. The van der Waals surface area contributed by atoms with Crippen LogP contribution in [-0.2, 0) is 0 Å². The maximum Gasteiger partial charge on any atom is 0.151 e. The topological polar surface area (TPSA) is 83.5 Å². The molecule has 2 aliphatic carbocycles. The lowest BCUT2D eigenvalue weighted by Gasteiger charge is -2.23. The number of nitrogens with zero attached hydrogens (tertiary/aromatic N) is 4. The summed E-state index contributed by atoms with van der Waals surface area (Å²) in [6.45, 7) is 6.25. The molecule has 0 radical (unpaired) electrons. The number of nitrogens with one attached hydrogen (secondary N) is 3. The predicted molar refractivity (Wildman–Crippen MR) is 162 cm³/mol. The van der Waals surface area contributed by atoms with Crippen LogP contribution in [0.5, 0.6) is 0 Å². The van der Waals surface area contributed by atoms with E-state index in [1.165, 1.54) is 37.3 Å². The van der Waals surface area contributed by atoms with Gasteiger partial charge in [-0.2, -0.15) is 5.10 Å². The Morgan fingerprint density at radius 1 is 1.12 bits per heavy atom. The van der Waals surface area contributed by atoms with Crippen LogP contribution in [0.2, 0.25) is 0 Å². The molecule has 0 atom stereocenters. The van der Waals surface area contributed by atoms with Gasteiger partial charge in [-0.3, -0.25) is 10.1 Å². The van der Waals surface area contributed by atoms with Crippen molar-refractivity contribution in [2.45, 2.75) is 45.4 Å². The van der Waals surface area contributed by atoms with Gasteiger partial charge in [-0.25, -0.2) is 9.37 Å². The van der Waals surface area contributed by atoms with E-state index < -0.39 is 0 Å². The molecule has 1 fully saturated rings. The molecule has 1 aromatic carbocycles. The van der Waals surface area contributed by atoms with Gasteiger partial charge in [-0.1, -0.05) is 37.6 Å². The van der Waals surface area contributed by atoms with Crippen LogP contribution in [0.1, 0.15) is 49.9 Å². The van der Waals surface area contributed by atoms with Crippen molar-refractivity contribution < 1.29 is 4.39 Å². The van der Waals surface area contributed by atoms with Crippen LogP contribution in [-0.4, -0.2) is 24.7 Å². The Morgan fingerprint density at radius 2 is 2.00 bits per heavy atom. The van der Waals surface area contributed by atoms with Crippen molar-refractivity contribution in [3.63, 3.8) is 0 Å². The minimum atomic E-state index is -0.372. The summed E-state index contributed by atoms with van der Waals surface area (Å²) < 4.78 is 17.4. The Hall–Kier alpha value is -4.72. The third-order valence-corrected chi connectivity index (χ3v) is 8.28. The van der Waals surface area contributed by atoms with Gasteiger partial charge < -0.3 is 15.2 Å². The van der Waals surface area contributed by atoms with Crippen LogP contribution in [0.15, 0.2) is 91.0 Å². The highest BCUT2D eigenvalue weighted by Crippen LogP contribution is 2.36. The summed E-state index contributed by atoms with van der Waals surface area (Å²) in [5, 5.41) is 15.2. The Labute approximate surface area is 238 Å². The molecule has 0 amide bonds. The lowest BCUT2D eigenvalue weighted by Crippen LogP contribution is -2.19. The molecule has 8 heteroatoms. The molecular weight excluding hydrogens is 513 g/mol. The molecule has 1 saturated carbocycles. The predicted octanol–water partition coefficient (Wildman–Crippen LogP) is 7.47. The molecule has 4 aromatic rings. The van der Waals surface area contributed by atoms with Crippen LogP contribution in [0.25, 0.3) is 33.4 Å². The molecule has 4 heterocycles. The van der Waals surface area contributed by atoms with E-state index in [0.717, 1.165) is 69.2 Å². The first kappa shape index (κ1) is 25.3. The van der Waals surface area contributed by atoms with E-state index in [1.54, 1.807) is 12.4 Å². The lowest BCUT2D eigenvalue weighted by molar-refractivity contribution is 0.636. The standard InChI is InChI=1S/C33H32FN7/c1-20-18-41(19-36-20)31-10-6-5-9-29-26(31)11-12-30(38-29)33-27-14-23(15-28(34)32(27)39-40-33)24-13-25(17-35-16-24)37-21(2)22-7-3-4-8-22/h5-6,10,12-19,22,37-38H,2-4,7-9,11H2,1H3,(H,39,40). The number of hydrogen-bond donors (Lipinski definition) is 3. The van der Waals surface area contributed by atoms with Crippen LogP contribution in [0, 0.1) is 18.7 Å². The number of imidazole rings is 1. The number of anilines is 1. The first-order valence-electron chi connectivity index (χ1n) is 14.2. The second-order valence-electron chi connectivity index (χ2n) is 11.1. The quantitative estimate of drug-likeness (QED) is 0.234. The van der Waals surface area contributed by atoms with Crippen LogP contribution in [0.3, 0.4) is 0 Å². The van der Waals surface area contributed by atoms with Crippen molar-refractivity contribution in [2.24, 2.45) is 5.92 Å². The van der Waals surface area contributed by atoms with Crippen LogP contribution in [0.4, 0.5) is 10.1 Å². The molecule has 0 bridgehead atoms. The van der Waals surface area contributed by atoms with Crippen molar-refractivity contribution >= 4 is 28.0 Å². The molecule has 41 heavy (non-hydrogen) atoms. The van der Waals surface area contributed by atoms with E-state index in [9.17, 15) is 0 Å². The SMILES string of the molecule is C=C(Nc1cncc(-c2cc(F)c3n[nH]c(C4=CCC5=C(CC=CC=C5n5cnc(C)c5)N4)c3c2)c1)C1CCCC1. The smallest absolute Gasteiger partial charge is 0.151 e. The summed E-state index contributed by atoms with van der Waals surface area (Å²) in [5.74, 6) is 0.121. The average Bonchev–Trinajstić information content (AvgIpc) is 3.73. The highest BCUT2D eigenvalue weighted by molar-refractivity contribution is 5.94. The van der Waals surface area contributed by atoms with E-state index in [4.69, 9.17) is 0 Å². The molecule has 3 aliphatic rings. The zero-order valence-electron chi connectivity index (χ0n) is 23.0. The number of H-pyrrole nitrogens is 1. The second kappa shape index (κ2) is 10.4. The minimum absolute atomic E-state index is 0.318. The summed E-state index contributed by atoms with van der Waals surface area (Å²) in [4.78, 5) is 8.85. The number of rotatable bonds is 6. The van der Waals surface area contributed by atoms with E-state index in [-0.39, 0.29) is 5.82 Å². The van der Waals surface area contributed by atoms with Crippen molar-refractivity contribution in [1.29, 1.82) is 0 Å². The highest BCUT2D eigenvalue weighted by Gasteiger charge is 2.23. The van der Waals surface area contributed by atoms with E-state index >= 15 is 4.39 Å². The molecule has 1 aliphatic heterocycles. The van der Waals surface area contributed by atoms with Crippen molar-refractivity contribution in [3.05, 3.63) is 108 Å². The third kappa shape index (κ3) is 4.79. The molecule has 206 valence electrons. The minimum Gasteiger partial charge on any atom is -0.358 e. The molecule has 3 aromatic heterocycles. The van der Waals surface area contributed by atoms with E-state index in [2.05, 4.69) is 66.2 Å². The van der Waals surface area contributed by atoms with E-state index in [1.807, 2.05) is 31.6 Å². The lowest BCUT2D eigenvalue weighted by atomic mass is 9.98. The summed E-state index contributed by atoms with van der Waals surface area (Å²) in [6, 6.07) is 5.53. The van der Waals surface area contributed by atoms with Crippen LogP contribution >= 0.6 is 0 Å². The number of halogens is 1. The average molecular weight is 546 g/mol. The van der Waals surface area contributed by atoms with Gasteiger partial charge >= 0.3 is 0 Å². The summed E-state index contributed by atoms with van der Waals surface area (Å²) in [6.07, 6.45) is 22.3. The van der Waals surface area contributed by atoms with Gasteiger partial charge in [0.2, 0.25) is 0 Å². The van der Waals surface area contributed by atoms with Gasteiger partial charge in [-0.05, 0) is 67.5 Å². The fourth-order valence-electron chi connectivity index (χ4n) is 6.13. The number of hydrogen-bond acceptors (Lipinski definition) is 5. The highest BCUT2D eigenvalue weighted by atomic mass is 19.1. The molecule has 3 N–H and O–H groups in total. The molecule has 0 saturated heterocycles. The zero-order valence-corrected chi connectivity index (χ0v) is 23.0. The maximum atomic E-state index is 15.4. The largest absolute Gasteiger partial charge is 0.358 e. The first-order chi connectivity index (χ1) is 20.0. The van der Waals surface area contributed by atoms with E-state index in [0.29, 0.717) is 11.4 Å². The van der Waals surface area contributed by atoms with Gasteiger partial charge in [0, 0.05) is 41.2 Å². The van der Waals surface area contributed by atoms with Crippen molar-refractivity contribution in [2.75, 3.05) is 5.32 Å². The molecule has 0 unspecified atom stereocenters. The van der Waals surface area contributed by atoms with Crippen molar-refractivity contribution in [1.82, 2.24) is 30.0 Å². The molecular formula is C33H32FN7. The summed E-state index contributed by atoms with van der Waals surface area (Å²) in [7, 11) is 0. The number of aryl methyl sites for hydroxylation is 1. The van der Waals surface area contributed by atoms with Gasteiger partial charge in [0.25, 0.3) is 0 Å². The Balaban J connectivity index is 1.19. The number of benzene rings is 1. The van der Waals surface area contributed by atoms with Gasteiger partial charge in [0.05, 0.1) is 41.0 Å². The Bertz CT molecular complexity index is 1790. The van der Waals surface area contributed by atoms with Gasteiger partial charge in [0.15, 0.2) is 5.82 Å². The summed E-state index contributed by atoms with van der Waals surface area (Å²) in [5.41, 5.74) is 9.82. The molecule has 0 spiro atoms. The third-order valence-electron chi connectivity index (χ3n) is 8.28. The number of aromatic nitrogens is 5. The van der Waals surface area contributed by atoms with Gasteiger partial charge in [0.1, 0.15) is 5.52 Å². The first-order valence-corrected chi connectivity index (χ1v) is 14.2. The number of dihydropyridines is 1. The number of fused-ring (bicyclic) bond motifs is 1. The Kier molecular flexibility index (Phi) is 6.38.